The lowest BCUT2D eigenvalue weighted by Gasteiger charge is -2.15. The van der Waals surface area contributed by atoms with Crippen LogP contribution < -0.4 is 5.32 Å². The molecule has 5 nitrogen and oxygen atoms in total. The molecule has 0 atom stereocenters. The maximum absolute atomic E-state index is 12.5. The first-order valence-corrected chi connectivity index (χ1v) is 8.15. The summed E-state index contributed by atoms with van der Waals surface area (Å²) in [7, 11) is 0. The van der Waals surface area contributed by atoms with Crippen LogP contribution in [0.1, 0.15) is 29.2 Å². The molecule has 3 rings (SSSR count). The van der Waals surface area contributed by atoms with E-state index in [0.717, 1.165) is 25.9 Å². The van der Waals surface area contributed by atoms with E-state index in [0.29, 0.717) is 33.1 Å². The maximum atomic E-state index is 12.5. The van der Waals surface area contributed by atoms with E-state index in [4.69, 9.17) is 23.2 Å². The molecule has 1 saturated heterocycles. The smallest absolute Gasteiger partial charge is 0.272 e. The van der Waals surface area contributed by atoms with Crippen molar-refractivity contribution in [2.45, 2.75) is 19.8 Å². The Morgan fingerprint density at radius 3 is 2.61 bits per heavy atom. The van der Waals surface area contributed by atoms with Gasteiger partial charge in [0.1, 0.15) is 17.3 Å². The zero-order chi connectivity index (χ0) is 16.4. The third-order valence-electron chi connectivity index (χ3n) is 3.64. The molecule has 0 aliphatic carbocycles. The first kappa shape index (κ1) is 16.0. The number of carbonyl (C=O) groups excluding carboxylic acids is 1. The van der Waals surface area contributed by atoms with Crippen molar-refractivity contribution in [3.63, 3.8) is 0 Å². The molecule has 1 amide bonds. The number of hydrogen-bond acceptors (Lipinski definition) is 4. The molecule has 2 heterocycles. The Balaban J connectivity index is 1.86. The van der Waals surface area contributed by atoms with Gasteiger partial charge in [0.15, 0.2) is 0 Å². The number of carbonyl (C=O) groups is 1. The molecule has 1 fully saturated rings. The summed E-state index contributed by atoms with van der Waals surface area (Å²) in [5, 5.41) is 4.16. The van der Waals surface area contributed by atoms with E-state index in [-0.39, 0.29) is 5.91 Å². The van der Waals surface area contributed by atoms with Crippen molar-refractivity contribution in [1.29, 1.82) is 0 Å². The summed E-state index contributed by atoms with van der Waals surface area (Å²) < 4.78 is 0. The number of amides is 1. The topological polar surface area (TPSA) is 58.1 Å². The van der Waals surface area contributed by atoms with Gasteiger partial charge < -0.3 is 10.2 Å². The summed E-state index contributed by atoms with van der Waals surface area (Å²) in [6, 6.07) is 6.80. The number of hydrogen-bond donors (Lipinski definition) is 1. The van der Waals surface area contributed by atoms with E-state index in [9.17, 15) is 4.79 Å². The highest BCUT2D eigenvalue weighted by Gasteiger charge is 2.21. The molecule has 1 N–H and O–H groups in total. The van der Waals surface area contributed by atoms with Crippen molar-refractivity contribution < 1.29 is 4.79 Å². The fourth-order valence-corrected chi connectivity index (χ4v) is 3.01. The van der Waals surface area contributed by atoms with E-state index in [1.54, 1.807) is 31.2 Å². The van der Waals surface area contributed by atoms with Crippen molar-refractivity contribution in [3.8, 4) is 0 Å². The molecule has 1 aliphatic heterocycles. The Labute approximate surface area is 144 Å². The van der Waals surface area contributed by atoms with Crippen LogP contribution in [0.4, 0.5) is 11.5 Å². The molecule has 0 radical (unpaired) electrons. The number of aromatic nitrogens is 2. The summed E-state index contributed by atoms with van der Waals surface area (Å²) in [5.41, 5.74) is 1.07. The minimum atomic E-state index is -0.0572. The van der Waals surface area contributed by atoms with Gasteiger partial charge in [0, 0.05) is 24.2 Å². The molecule has 1 aromatic carbocycles. The van der Waals surface area contributed by atoms with Crippen molar-refractivity contribution in [2.24, 2.45) is 0 Å². The largest absolute Gasteiger partial charge is 0.339 e. The molecule has 0 bridgehead atoms. The van der Waals surface area contributed by atoms with Gasteiger partial charge in [-0.1, -0.05) is 23.2 Å². The van der Waals surface area contributed by atoms with Crippen LogP contribution in [0.5, 0.6) is 0 Å². The molecule has 1 aromatic heterocycles. The Morgan fingerprint density at radius 2 is 1.91 bits per heavy atom. The zero-order valence-corrected chi connectivity index (χ0v) is 14.2. The molecule has 0 unspecified atom stereocenters. The molecule has 0 saturated carbocycles. The summed E-state index contributed by atoms with van der Waals surface area (Å²) in [6.07, 6.45) is 2.09. The Bertz CT molecular complexity index is 745. The standard InChI is InChI=1S/C16H16Cl2N4O/c1-10-19-14(16(23)22-6-2-3-7-22)9-15(20-10)21-13-5-4-11(17)8-12(13)18/h4-5,8-9H,2-3,6-7H2,1H3,(H,19,20,21). The van der Waals surface area contributed by atoms with Crippen LogP contribution in [-0.2, 0) is 0 Å². The fraction of sp³-hybridized carbons (Fsp3) is 0.312. The molecule has 7 heteroatoms. The average Bonchev–Trinajstić information content (AvgIpc) is 3.03. The Kier molecular flexibility index (Phi) is 4.68. The number of nitrogens with one attached hydrogen (secondary N) is 1. The summed E-state index contributed by atoms with van der Waals surface area (Å²) in [5.74, 6) is 1.00. The monoisotopic (exact) mass is 350 g/mol. The first-order chi connectivity index (χ1) is 11.0. The third kappa shape index (κ3) is 3.74. The number of aryl methyl sites for hydroxylation is 1. The molecule has 2 aromatic rings. The summed E-state index contributed by atoms with van der Waals surface area (Å²) in [6.45, 7) is 3.33. The minimum Gasteiger partial charge on any atom is -0.339 e. The number of likely N-dealkylation sites (tertiary alicyclic amines) is 1. The van der Waals surface area contributed by atoms with Crippen LogP contribution in [0.15, 0.2) is 24.3 Å². The maximum Gasteiger partial charge on any atom is 0.272 e. The lowest BCUT2D eigenvalue weighted by atomic mass is 10.3. The van der Waals surface area contributed by atoms with Gasteiger partial charge in [0.25, 0.3) is 5.91 Å². The van der Waals surface area contributed by atoms with Gasteiger partial charge in [-0.15, -0.1) is 0 Å². The molecule has 0 spiro atoms. The van der Waals surface area contributed by atoms with Gasteiger partial charge in [0.05, 0.1) is 10.7 Å². The third-order valence-corrected chi connectivity index (χ3v) is 4.19. The van der Waals surface area contributed by atoms with Crippen LogP contribution in [0.3, 0.4) is 0 Å². The van der Waals surface area contributed by atoms with Crippen molar-refractivity contribution in [1.82, 2.24) is 14.9 Å². The van der Waals surface area contributed by atoms with Crippen LogP contribution in [-0.4, -0.2) is 33.9 Å². The lowest BCUT2D eigenvalue weighted by Crippen LogP contribution is -2.28. The minimum absolute atomic E-state index is 0.0572. The number of benzene rings is 1. The molecular formula is C16H16Cl2N4O. The van der Waals surface area contributed by atoms with Crippen LogP contribution in [0.2, 0.25) is 10.0 Å². The van der Waals surface area contributed by atoms with Crippen molar-refractivity contribution in [3.05, 3.63) is 45.8 Å². The highest BCUT2D eigenvalue weighted by Crippen LogP contribution is 2.28. The van der Waals surface area contributed by atoms with Crippen LogP contribution >= 0.6 is 23.2 Å². The van der Waals surface area contributed by atoms with E-state index in [1.165, 1.54) is 0 Å². The number of anilines is 2. The lowest BCUT2D eigenvalue weighted by molar-refractivity contribution is 0.0786. The van der Waals surface area contributed by atoms with E-state index >= 15 is 0 Å². The molecule has 23 heavy (non-hydrogen) atoms. The number of rotatable bonds is 3. The Morgan fingerprint density at radius 1 is 1.17 bits per heavy atom. The first-order valence-electron chi connectivity index (χ1n) is 7.40. The van der Waals surface area contributed by atoms with Crippen molar-refractivity contribution >= 4 is 40.6 Å². The normalized spacial score (nSPS) is 14.1. The van der Waals surface area contributed by atoms with Gasteiger partial charge in [-0.2, -0.15) is 0 Å². The van der Waals surface area contributed by atoms with Crippen molar-refractivity contribution in [2.75, 3.05) is 18.4 Å². The van der Waals surface area contributed by atoms with Crippen LogP contribution in [0, 0.1) is 6.92 Å². The van der Waals surface area contributed by atoms with Gasteiger partial charge in [-0.25, -0.2) is 9.97 Å². The second-order valence-electron chi connectivity index (χ2n) is 5.43. The predicted molar refractivity (Wildman–Crippen MR) is 91.7 cm³/mol. The highest BCUT2D eigenvalue weighted by atomic mass is 35.5. The summed E-state index contributed by atoms with van der Waals surface area (Å²) in [4.78, 5) is 22.9. The zero-order valence-electron chi connectivity index (χ0n) is 12.6. The summed E-state index contributed by atoms with van der Waals surface area (Å²) >= 11 is 12.1. The van der Waals surface area contributed by atoms with Gasteiger partial charge in [-0.05, 0) is 38.0 Å². The average molecular weight is 351 g/mol. The van der Waals surface area contributed by atoms with E-state index < -0.39 is 0 Å². The number of nitrogens with zero attached hydrogens (tertiary/aromatic N) is 3. The second kappa shape index (κ2) is 6.72. The van der Waals surface area contributed by atoms with Gasteiger partial charge in [-0.3, -0.25) is 4.79 Å². The second-order valence-corrected chi connectivity index (χ2v) is 6.28. The van der Waals surface area contributed by atoms with Gasteiger partial charge >= 0.3 is 0 Å². The predicted octanol–water partition coefficient (Wildman–Crippen LogP) is 4.07. The van der Waals surface area contributed by atoms with E-state index in [1.807, 2.05) is 4.90 Å². The fourth-order valence-electron chi connectivity index (χ4n) is 2.55. The van der Waals surface area contributed by atoms with E-state index in [2.05, 4.69) is 15.3 Å². The molecular weight excluding hydrogens is 335 g/mol. The molecule has 120 valence electrons. The molecule has 1 aliphatic rings. The van der Waals surface area contributed by atoms with Gasteiger partial charge in [0.2, 0.25) is 0 Å². The quantitative estimate of drug-likeness (QED) is 0.906. The van der Waals surface area contributed by atoms with Crippen LogP contribution in [0.25, 0.3) is 0 Å². The highest BCUT2D eigenvalue weighted by molar-refractivity contribution is 6.36. The Hall–Kier alpha value is -1.85. The SMILES string of the molecule is Cc1nc(Nc2ccc(Cl)cc2Cl)cc(C(=O)N2CCCC2)n1. The number of halogens is 2.